The Morgan fingerprint density at radius 2 is 2.17 bits per heavy atom. The van der Waals surface area contributed by atoms with Gasteiger partial charge in [0.05, 0.1) is 0 Å². The fourth-order valence-electron chi connectivity index (χ4n) is 1.61. The normalized spacial score (nSPS) is 14.7. The third-order valence-corrected chi connectivity index (χ3v) is 2.82. The molecule has 1 aromatic carbocycles. The standard InChI is InChI=1S/C14H15NO3/c16-13(17)7-6-10-2-1-3-12(8-10)14(18)15-9-11-4-5-11/h1-3,6-8,11H,4-5,9H2,(H,15,18)(H,16,17)/b7-6+. The minimum Gasteiger partial charge on any atom is -0.478 e. The minimum absolute atomic E-state index is 0.104. The first-order chi connectivity index (χ1) is 8.65. The lowest BCUT2D eigenvalue weighted by Crippen LogP contribution is -2.25. The third kappa shape index (κ3) is 3.73. The van der Waals surface area contributed by atoms with Crippen molar-refractivity contribution < 1.29 is 14.7 Å². The molecule has 4 nitrogen and oxygen atoms in total. The molecule has 94 valence electrons. The zero-order chi connectivity index (χ0) is 13.0. The van der Waals surface area contributed by atoms with Gasteiger partial charge in [-0.15, -0.1) is 0 Å². The molecule has 1 aliphatic rings. The summed E-state index contributed by atoms with van der Waals surface area (Å²) in [6, 6.07) is 6.91. The largest absolute Gasteiger partial charge is 0.478 e. The molecule has 0 atom stereocenters. The zero-order valence-electron chi connectivity index (χ0n) is 9.93. The van der Waals surface area contributed by atoms with Crippen LogP contribution in [0.1, 0.15) is 28.8 Å². The summed E-state index contributed by atoms with van der Waals surface area (Å²) in [5.41, 5.74) is 1.26. The fraction of sp³-hybridized carbons (Fsp3) is 0.286. The van der Waals surface area contributed by atoms with Crippen LogP contribution in [-0.2, 0) is 4.79 Å². The summed E-state index contributed by atoms with van der Waals surface area (Å²) in [6.45, 7) is 0.730. The lowest BCUT2D eigenvalue weighted by atomic mass is 10.1. The number of rotatable bonds is 5. The van der Waals surface area contributed by atoms with Crippen molar-refractivity contribution in [2.75, 3.05) is 6.54 Å². The molecule has 1 aromatic rings. The molecule has 0 radical (unpaired) electrons. The van der Waals surface area contributed by atoms with Gasteiger partial charge in [0.15, 0.2) is 0 Å². The molecular weight excluding hydrogens is 230 g/mol. The SMILES string of the molecule is O=C(O)/C=C/c1cccc(C(=O)NCC2CC2)c1. The number of carbonyl (C=O) groups is 2. The van der Waals surface area contributed by atoms with Gasteiger partial charge < -0.3 is 10.4 Å². The van der Waals surface area contributed by atoms with Crippen LogP contribution >= 0.6 is 0 Å². The number of hydrogen-bond acceptors (Lipinski definition) is 2. The average molecular weight is 245 g/mol. The lowest BCUT2D eigenvalue weighted by molar-refractivity contribution is -0.131. The summed E-state index contributed by atoms with van der Waals surface area (Å²) in [4.78, 5) is 22.2. The zero-order valence-corrected chi connectivity index (χ0v) is 9.93. The number of aliphatic carboxylic acids is 1. The van der Waals surface area contributed by atoms with Crippen molar-refractivity contribution in [2.45, 2.75) is 12.8 Å². The predicted octanol–water partition coefficient (Wildman–Crippen LogP) is 1.92. The fourth-order valence-corrected chi connectivity index (χ4v) is 1.61. The second kappa shape index (κ2) is 5.49. The number of carboxylic acid groups (broad SMARTS) is 1. The van der Waals surface area contributed by atoms with Crippen molar-refractivity contribution in [1.82, 2.24) is 5.32 Å². The summed E-state index contributed by atoms with van der Waals surface area (Å²) in [6.07, 6.45) is 4.92. The maximum atomic E-state index is 11.8. The highest BCUT2D eigenvalue weighted by molar-refractivity contribution is 5.95. The van der Waals surface area contributed by atoms with Crippen molar-refractivity contribution >= 4 is 18.0 Å². The average Bonchev–Trinajstić information content (AvgIpc) is 3.18. The van der Waals surface area contributed by atoms with Crippen LogP contribution in [0.5, 0.6) is 0 Å². The molecule has 0 spiro atoms. The minimum atomic E-state index is -1.00. The van der Waals surface area contributed by atoms with E-state index in [4.69, 9.17) is 5.11 Å². The Kier molecular flexibility index (Phi) is 3.77. The smallest absolute Gasteiger partial charge is 0.328 e. The number of carbonyl (C=O) groups excluding carboxylic acids is 1. The van der Waals surface area contributed by atoms with Gasteiger partial charge in [-0.05, 0) is 42.5 Å². The topological polar surface area (TPSA) is 66.4 Å². The lowest BCUT2D eigenvalue weighted by Gasteiger charge is -2.04. The van der Waals surface area contributed by atoms with E-state index in [0.29, 0.717) is 17.0 Å². The molecular formula is C14H15NO3. The highest BCUT2D eigenvalue weighted by Crippen LogP contribution is 2.27. The Morgan fingerprint density at radius 3 is 2.83 bits per heavy atom. The molecule has 0 aromatic heterocycles. The predicted molar refractivity (Wildman–Crippen MR) is 68.2 cm³/mol. The maximum absolute atomic E-state index is 11.8. The Balaban J connectivity index is 2.00. The molecule has 1 aliphatic carbocycles. The first-order valence-corrected chi connectivity index (χ1v) is 5.94. The van der Waals surface area contributed by atoms with E-state index in [1.54, 1.807) is 24.3 Å². The quantitative estimate of drug-likeness (QED) is 0.779. The number of hydrogen-bond donors (Lipinski definition) is 2. The summed E-state index contributed by atoms with van der Waals surface area (Å²) < 4.78 is 0. The molecule has 0 unspecified atom stereocenters. The first kappa shape index (κ1) is 12.4. The van der Waals surface area contributed by atoms with Gasteiger partial charge in [-0.3, -0.25) is 4.79 Å². The molecule has 0 aliphatic heterocycles. The molecule has 1 amide bonds. The van der Waals surface area contributed by atoms with Crippen LogP contribution in [0.25, 0.3) is 6.08 Å². The van der Waals surface area contributed by atoms with E-state index in [-0.39, 0.29) is 5.91 Å². The molecule has 0 saturated heterocycles. The van der Waals surface area contributed by atoms with Gasteiger partial charge in [0.1, 0.15) is 0 Å². The van der Waals surface area contributed by atoms with Gasteiger partial charge in [0.25, 0.3) is 5.91 Å². The van der Waals surface area contributed by atoms with E-state index >= 15 is 0 Å². The van der Waals surface area contributed by atoms with Crippen LogP contribution in [0.2, 0.25) is 0 Å². The van der Waals surface area contributed by atoms with E-state index in [2.05, 4.69) is 5.32 Å². The van der Waals surface area contributed by atoms with Crippen molar-refractivity contribution in [1.29, 1.82) is 0 Å². The van der Waals surface area contributed by atoms with E-state index in [1.165, 1.54) is 18.9 Å². The molecule has 2 N–H and O–H groups in total. The van der Waals surface area contributed by atoms with Gasteiger partial charge in [-0.1, -0.05) is 12.1 Å². The molecule has 18 heavy (non-hydrogen) atoms. The summed E-state index contributed by atoms with van der Waals surface area (Å²) in [7, 11) is 0. The highest BCUT2D eigenvalue weighted by Gasteiger charge is 2.21. The highest BCUT2D eigenvalue weighted by atomic mass is 16.4. The van der Waals surface area contributed by atoms with Crippen LogP contribution < -0.4 is 5.32 Å². The van der Waals surface area contributed by atoms with Gasteiger partial charge in [-0.25, -0.2) is 4.79 Å². The van der Waals surface area contributed by atoms with Crippen LogP contribution in [0.15, 0.2) is 30.3 Å². The molecule has 4 heteroatoms. The van der Waals surface area contributed by atoms with E-state index in [9.17, 15) is 9.59 Å². The number of nitrogens with one attached hydrogen (secondary N) is 1. The van der Waals surface area contributed by atoms with Crippen molar-refractivity contribution in [2.24, 2.45) is 5.92 Å². The van der Waals surface area contributed by atoms with Crippen molar-refractivity contribution in [3.8, 4) is 0 Å². The molecule has 0 heterocycles. The molecule has 1 fully saturated rings. The maximum Gasteiger partial charge on any atom is 0.328 e. The van der Waals surface area contributed by atoms with Crippen LogP contribution in [0.3, 0.4) is 0 Å². The van der Waals surface area contributed by atoms with Gasteiger partial charge in [0.2, 0.25) is 0 Å². The van der Waals surface area contributed by atoms with Crippen LogP contribution in [-0.4, -0.2) is 23.5 Å². The monoisotopic (exact) mass is 245 g/mol. The molecule has 1 saturated carbocycles. The Bertz CT molecular complexity index is 490. The van der Waals surface area contributed by atoms with E-state index < -0.39 is 5.97 Å². The Hall–Kier alpha value is -2.10. The van der Waals surface area contributed by atoms with Gasteiger partial charge in [0, 0.05) is 18.2 Å². The number of amides is 1. The first-order valence-electron chi connectivity index (χ1n) is 5.94. The van der Waals surface area contributed by atoms with Crippen LogP contribution in [0.4, 0.5) is 0 Å². The number of carboxylic acids is 1. The summed E-state index contributed by atoms with van der Waals surface area (Å²) >= 11 is 0. The van der Waals surface area contributed by atoms with Gasteiger partial charge in [-0.2, -0.15) is 0 Å². The second-order valence-corrected chi connectivity index (χ2v) is 4.45. The van der Waals surface area contributed by atoms with Crippen molar-refractivity contribution in [3.63, 3.8) is 0 Å². The van der Waals surface area contributed by atoms with Gasteiger partial charge >= 0.3 is 5.97 Å². The molecule has 2 rings (SSSR count). The third-order valence-electron chi connectivity index (χ3n) is 2.82. The van der Waals surface area contributed by atoms with E-state index in [0.717, 1.165) is 12.6 Å². The number of benzene rings is 1. The van der Waals surface area contributed by atoms with E-state index in [1.807, 2.05) is 0 Å². The van der Waals surface area contributed by atoms with Crippen molar-refractivity contribution in [3.05, 3.63) is 41.5 Å². The Morgan fingerprint density at radius 1 is 1.39 bits per heavy atom. The second-order valence-electron chi connectivity index (χ2n) is 4.45. The summed E-state index contributed by atoms with van der Waals surface area (Å²) in [5, 5.41) is 11.4. The molecule has 0 bridgehead atoms. The summed E-state index contributed by atoms with van der Waals surface area (Å²) in [5.74, 6) is -0.463. The van der Waals surface area contributed by atoms with Crippen LogP contribution in [0, 0.1) is 5.92 Å². The Labute approximate surface area is 105 Å².